The first-order valence-electron chi connectivity index (χ1n) is 4.41. The van der Waals surface area contributed by atoms with Gasteiger partial charge >= 0.3 is 12.5 Å². The van der Waals surface area contributed by atoms with Crippen molar-refractivity contribution in [3.8, 4) is 5.88 Å². The van der Waals surface area contributed by atoms with Gasteiger partial charge < -0.3 is 4.74 Å². The summed E-state index contributed by atoms with van der Waals surface area (Å²) in [5, 5.41) is 10.4. The molecule has 0 unspecified atom stereocenters. The maximum atomic E-state index is 12.5. The van der Waals surface area contributed by atoms with Crippen molar-refractivity contribution in [2.24, 2.45) is 0 Å². The highest BCUT2D eigenvalue weighted by atomic mass is 19.4. The molecule has 0 bridgehead atoms. The van der Waals surface area contributed by atoms with E-state index in [0.717, 1.165) is 6.92 Å². The zero-order chi connectivity index (χ0) is 15.0. The number of aryl methyl sites for hydroxylation is 1. The Morgan fingerprint density at radius 3 is 2.16 bits per heavy atom. The van der Waals surface area contributed by atoms with Crippen LogP contribution in [0.2, 0.25) is 0 Å². The SMILES string of the molecule is Cc1nc(OC(F)(F)F)c(C(F)(F)F)cc1[N+](=O)[O-]. The Kier molecular flexibility index (Phi) is 3.59. The summed E-state index contributed by atoms with van der Waals surface area (Å²) >= 11 is 0. The molecule has 0 amide bonds. The minimum Gasteiger partial charge on any atom is -0.387 e. The number of hydrogen-bond acceptors (Lipinski definition) is 4. The summed E-state index contributed by atoms with van der Waals surface area (Å²) in [6, 6.07) is -0.0522. The van der Waals surface area contributed by atoms with Crippen molar-refractivity contribution in [3.63, 3.8) is 0 Å². The predicted octanol–water partition coefficient (Wildman–Crippen LogP) is 3.22. The summed E-state index contributed by atoms with van der Waals surface area (Å²) in [7, 11) is 0. The Balaban J connectivity index is 3.46. The Bertz CT molecular complexity index is 510. The quantitative estimate of drug-likeness (QED) is 0.476. The van der Waals surface area contributed by atoms with Gasteiger partial charge in [-0.15, -0.1) is 13.2 Å². The van der Waals surface area contributed by atoms with Crippen molar-refractivity contribution in [2.75, 3.05) is 0 Å². The molecule has 0 aromatic carbocycles. The Labute approximate surface area is 101 Å². The molecule has 0 radical (unpaired) electrons. The first-order valence-corrected chi connectivity index (χ1v) is 4.41. The second-order valence-electron chi connectivity index (χ2n) is 3.25. The van der Waals surface area contributed by atoms with Gasteiger partial charge in [0.05, 0.1) is 4.92 Å². The van der Waals surface area contributed by atoms with Gasteiger partial charge in [-0.2, -0.15) is 13.2 Å². The lowest BCUT2D eigenvalue weighted by Gasteiger charge is -2.14. The van der Waals surface area contributed by atoms with Crippen LogP contribution in [0.15, 0.2) is 6.07 Å². The molecule has 0 spiro atoms. The number of rotatable bonds is 2. The molecule has 0 N–H and O–H groups in total. The molecule has 106 valence electrons. The van der Waals surface area contributed by atoms with E-state index in [1.54, 1.807) is 0 Å². The van der Waals surface area contributed by atoms with Crippen LogP contribution in [-0.2, 0) is 6.18 Å². The van der Waals surface area contributed by atoms with Gasteiger partial charge in [-0.1, -0.05) is 0 Å². The topological polar surface area (TPSA) is 65.3 Å². The predicted molar refractivity (Wildman–Crippen MR) is 47.3 cm³/mol. The maximum Gasteiger partial charge on any atom is 0.574 e. The van der Waals surface area contributed by atoms with Gasteiger partial charge in [0, 0.05) is 6.07 Å². The molecule has 1 rings (SSSR count). The van der Waals surface area contributed by atoms with Crippen LogP contribution in [0.3, 0.4) is 0 Å². The van der Waals surface area contributed by atoms with Gasteiger partial charge in [-0.05, 0) is 6.92 Å². The van der Waals surface area contributed by atoms with Gasteiger partial charge in [0.25, 0.3) is 5.69 Å². The molecule has 1 heterocycles. The van der Waals surface area contributed by atoms with Crippen molar-refractivity contribution in [3.05, 3.63) is 27.4 Å². The highest BCUT2D eigenvalue weighted by Gasteiger charge is 2.42. The lowest BCUT2D eigenvalue weighted by atomic mass is 10.2. The Morgan fingerprint density at radius 1 is 1.26 bits per heavy atom. The number of aromatic nitrogens is 1. The van der Waals surface area contributed by atoms with Crippen LogP contribution in [0.4, 0.5) is 32.0 Å². The second kappa shape index (κ2) is 4.55. The molecule has 19 heavy (non-hydrogen) atoms. The standard InChI is InChI=1S/C8H4F6N2O3/c1-3-5(16(17)18)2-4(7(9,10)11)6(15-3)19-8(12,13)14/h2H,1H3. The third kappa shape index (κ3) is 3.69. The Hall–Kier alpha value is -2.07. The zero-order valence-corrected chi connectivity index (χ0v) is 8.96. The summed E-state index contributed by atoms with van der Waals surface area (Å²) in [4.78, 5) is 12.1. The van der Waals surface area contributed by atoms with Crippen molar-refractivity contribution >= 4 is 5.69 Å². The fourth-order valence-electron chi connectivity index (χ4n) is 1.15. The summed E-state index contributed by atoms with van der Waals surface area (Å²) in [6.07, 6.45) is -10.7. The number of alkyl halides is 6. The minimum absolute atomic E-state index is 0.0522. The molecule has 5 nitrogen and oxygen atoms in total. The molecule has 11 heteroatoms. The summed E-state index contributed by atoms with van der Waals surface area (Å²) < 4.78 is 76.4. The van der Waals surface area contributed by atoms with Crippen LogP contribution >= 0.6 is 0 Å². The van der Waals surface area contributed by atoms with Crippen LogP contribution in [0.1, 0.15) is 11.3 Å². The number of hydrogen-bond donors (Lipinski definition) is 0. The van der Waals surface area contributed by atoms with Gasteiger partial charge in [0.1, 0.15) is 11.3 Å². The van der Waals surface area contributed by atoms with Crippen molar-refractivity contribution in [2.45, 2.75) is 19.5 Å². The van der Waals surface area contributed by atoms with Crippen LogP contribution in [0, 0.1) is 17.0 Å². The molecular formula is C8H4F6N2O3. The van der Waals surface area contributed by atoms with E-state index in [1.807, 2.05) is 0 Å². The smallest absolute Gasteiger partial charge is 0.387 e. The van der Waals surface area contributed by atoms with E-state index in [1.165, 1.54) is 0 Å². The molecule has 0 saturated heterocycles. The van der Waals surface area contributed by atoms with Gasteiger partial charge in [-0.3, -0.25) is 10.1 Å². The highest BCUT2D eigenvalue weighted by Crippen LogP contribution is 2.39. The third-order valence-corrected chi connectivity index (χ3v) is 1.87. The zero-order valence-electron chi connectivity index (χ0n) is 8.96. The van der Waals surface area contributed by atoms with Crippen LogP contribution in [-0.4, -0.2) is 16.3 Å². The summed E-state index contributed by atoms with van der Waals surface area (Å²) in [6.45, 7) is 0.890. The van der Waals surface area contributed by atoms with E-state index in [-0.39, 0.29) is 6.07 Å². The van der Waals surface area contributed by atoms with Crippen LogP contribution < -0.4 is 4.74 Å². The molecule has 1 aromatic rings. The van der Waals surface area contributed by atoms with Crippen molar-refractivity contribution < 1.29 is 36.0 Å². The number of pyridine rings is 1. The van der Waals surface area contributed by atoms with Crippen molar-refractivity contribution in [1.82, 2.24) is 4.98 Å². The minimum atomic E-state index is -5.39. The molecule has 0 saturated carbocycles. The number of ether oxygens (including phenoxy) is 1. The van der Waals surface area contributed by atoms with Gasteiger partial charge in [0.15, 0.2) is 0 Å². The average Bonchev–Trinajstić information content (AvgIpc) is 2.11. The maximum absolute atomic E-state index is 12.5. The molecular weight excluding hydrogens is 286 g/mol. The van der Waals surface area contributed by atoms with E-state index in [9.17, 15) is 36.5 Å². The number of nitro groups is 1. The normalized spacial score (nSPS) is 12.4. The highest BCUT2D eigenvalue weighted by molar-refractivity contribution is 5.44. The first kappa shape index (κ1) is 15.0. The van der Waals surface area contributed by atoms with E-state index in [4.69, 9.17) is 0 Å². The fourth-order valence-corrected chi connectivity index (χ4v) is 1.15. The number of halogens is 6. The first-order chi connectivity index (χ1) is 8.42. The number of nitrogens with zero attached hydrogens (tertiary/aromatic N) is 2. The van der Waals surface area contributed by atoms with Crippen molar-refractivity contribution in [1.29, 1.82) is 0 Å². The molecule has 1 aromatic heterocycles. The summed E-state index contributed by atoms with van der Waals surface area (Å²) in [5.74, 6) is -1.77. The third-order valence-electron chi connectivity index (χ3n) is 1.87. The monoisotopic (exact) mass is 290 g/mol. The Morgan fingerprint density at radius 2 is 1.79 bits per heavy atom. The van der Waals surface area contributed by atoms with Gasteiger partial charge in [0.2, 0.25) is 5.88 Å². The van der Waals surface area contributed by atoms with E-state index in [2.05, 4.69) is 9.72 Å². The lowest BCUT2D eigenvalue weighted by Crippen LogP contribution is -2.21. The molecule has 0 atom stereocenters. The van der Waals surface area contributed by atoms with Crippen LogP contribution in [0.25, 0.3) is 0 Å². The molecule has 0 aliphatic rings. The molecule has 0 fully saturated rings. The largest absolute Gasteiger partial charge is 0.574 e. The fraction of sp³-hybridized carbons (Fsp3) is 0.375. The van der Waals surface area contributed by atoms with E-state index >= 15 is 0 Å². The van der Waals surface area contributed by atoms with Crippen LogP contribution in [0.5, 0.6) is 5.88 Å². The lowest BCUT2D eigenvalue weighted by molar-refractivity contribution is -0.386. The van der Waals surface area contributed by atoms with E-state index < -0.39 is 40.3 Å². The average molecular weight is 290 g/mol. The molecule has 0 aliphatic heterocycles. The van der Waals surface area contributed by atoms with Gasteiger partial charge in [-0.25, -0.2) is 4.98 Å². The summed E-state index contributed by atoms with van der Waals surface area (Å²) in [5.41, 5.74) is -3.65. The van der Waals surface area contributed by atoms with E-state index in [0.29, 0.717) is 0 Å². The second-order valence-corrected chi connectivity index (χ2v) is 3.25. The molecule has 0 aliphatic carbocycles.